The summed E-state index contributed by atoms with van der Waals surface area (Å²) < 4.78 is 12.9. The third-order valence-corrected chi connectivity index (χ3v) is 2.55. The van der Waals surface area contributed by atoms with Crippen molar-refractivity contribution in [1.29, 1.82) is 5.26 Å². The molecule has 1 atom stereocenters. The van der Waals surface area contributed by atoms with Crippen LogP contribution in [0.3, 0.4) is 0 Å². The van der Waals surface area contributed by atoms with Gasteiger partial charge in [-0.25, -0.2) is 4.39 Å². The summed E-state index contributed by atoms with van der Waals surface area (Å²) >= 11 is 0. The quantitative estimate of drug-likeness (QED) is 0.748. The zero-order valence-corrected chi connectivity index (χ0v) is 9.54. The van der Waals surface area contributed by atoms with Crippen molar-refractivity contribution in [3.05, 3.63) is 35.6 Å². The van der Waals surface area contributed by atoms with E-state index in [1.807, 2.05) is 13.0 Å². The van der Waals surface area contributed by atoms with E-state index in [1.165, 1.54) is 6.07 Å². The van der Waals surface area contributed by atoms with E-state index in [1.54, 1.807) is 12.1 Å². The third-order valence-electron chi connectivity index (χ3n) is 2.55. The molecule has 0 heterocycles. The minimum atomic E-state index is -0.194. The topological polar surface area (TPSA) is 35.8 Å². The zero-order chi connectivity index (χ0) is 11.8. The molecule has 0 aromatic heterocycles. The molecule has 0 radical (unpaired) electrons. The lowest BCUT2D eigenvalue weighted by Gasteiger charge is -2.07. The molecule has 3 heteroatoms. The van der Waals surface area contributed by atoms with Gasteiger partial charge in [0.1, 0.15) is 5.82 Å². The Morgan fingerprint density at radius 3 is 2.94 bits per heavy atom. The highest BCUT2D eigenvalue weighted by molar-refractivity contribution is 5.16. The van der Waals surface area contributed by atoms with Crippen LogP contribution < -0.4 is 5.32 Å². The molecule has 0 saturated carbocycles. The van der Waals surface area contributed by atoms with Gasteiger partial charge in [-0.1, -0.05) is 19.1 Å². The molecule has 0 spiro atoms. The van der Waals surface area contributed by atoms with Crippen molar-refractivity contribution in [2.24, 2.45) is 5.92 Å². The van der Waals surface area contributed by atoms with E-state index < -0.39 is 0 Å². The summed E-state index contributed by atoms with van der Waals surface area (Å²) in [5.41, 5.74) is 0.984. The third kappa shape index (κ3) is 4.41. The summed E-state index contributed by atoms with van der Waals surface area (Å²) in [6, 6.07) is 8.85. The van der Waals surface area contributed by atoms with Gasteiger partial charge in [-0.05, 0) is 37.1 Å². The van der Waals surface area contributed by atoms with Crippen molar-refractivity contribution in [3.63, 3.8) is 0 Å². The zero-order valence-electron chi connectivity index (χ0n) is 9.54. The first kappa shape index (κ1) is 12.7. The van der Waals surface area contributed by atoms with Crippen molar-refractivity contribution in [2.45, 2.75) is 19.8 Å². The Kier molecular flexibility index (Phi) is 5.52. The Bertz CT molecular complexity index is 357. The van der Waals surface area contributed by atoms with Gasteiger partial charge in [0.15, 0.2) is 0 Å². The minimum Gasteiger partial charge on any atom is -0.315 e. The van der Waals surface area contributed by atoms with Gasteiger partial charge in [0.05, 0.1) is 12.0 Å². The second-order valence-electron chi connectivity index (χ2n) is 3.82. The van der Waals surface area contributed by atoms with Crippen LogP contribution in [0, 0.1) is 23.1 Å². The van der Waals surface area contributed by atoms with E-state index in [4.69, 9.17) is 5.26 Å². The van der Waals surface area contributed by atoms with Crippen LogP contribution in [-0.2, 0) is 6.42 Å². The second-order valence-corrected chi connectivity index (χ2v) is 3.82. The molecule has 0 aliphatic carbocycles. The van der Waals surface area contributed by atoms with E-state index >= 15 is 0 Å². The molecule has 86 valence electrons. The Morgan fingerprint density at radius 1 is 1.50 bits per heavy atom. The maximum Gasteiger partial charge on any atom is 0.123 e. The van der Waals surface area contributed by atoms with Gasteiger partial charge < -0.3 is 5.32 Å². The van der Waals surface area contributed by atoms with Crippen molar-refractivity contribution < 1.29 is 4.39 Å². The highest BCUT2D eigenvalue weighted by atomic mass is 19.1. The van der Waals surface area contributed by atoms with E-state index in [0.29, 0.717) is 6.54 Å². The van der Waals surface area contributed by atoms with Gasteiger partial charge in [-0.3, -0.25) is 0 Å². The van der Waals surface area contributed by atoms with Crippen LogP contribution in [0.5, 0.6) is 0 Å². The molecule has 0 saturated heterocycles. The highest BCUT2D eigenvalue weighted by Crippen LogP contribution is 2.04. The molecule has 1 aromatic rings. The Hall–Kier alpha value is -1.40. The molecule has 0 bridgehead atoms. The van der Waals surface area contributed by atoms with Crippen LogP contribution in [0.2, 0.25) is 0 Å². The first-order valence-corrected chi connectivity index (χ1v) is 5.61. The molecule has 0 aliphatic heterocycles. The summed E-state index contributed by atoms with van der Waals surface area (Å²) in [5.74, 6) is -0.117. The Balaban J connectivity index is 2.24. The maximum atomic E-state index is 12.9. The van der Waals surface area contributed by atoms with E-state index in [2.05, 4.69) is 11.4 Å². The predicted molar refractivity (Wildman–Crippen MR) is 62.4 cm³/mol. The van der Waals surface area contributed by atoms with Gasteiger partial charge in [0.25, 0.3) is 0 Å². The van der Waals surface area contributed by atoms with Crippen LogP contribution >= 0.6 is 0 Å². The van der Waals surface area contributed by atoms with Crippen LogP contribution in [0.25, 0.3) is 0 Å². The summed E-state index contributed by atoms with van der Waals surface area (Å²) in [5, 5.41) is 11.9. The fourth-order valence-corrected chi connectivity index (χ4v) is 1.48. The summed E-state index contributed by atoms with van der Waals surface area (Å²) in [6.45, 7) is 3.49. The highest BCUT2D eigenvalue weighted by Gasteiger charge is 2.02. The molecule has 0 fully saturated rings. The van der Waals surface area contributed by atoms with Gasteiger partial charge >= 0.3 is 0 Å². The summed E-state index contributed by atoms with van der Waals surface area (Å²) in [7, 11) is 0. The maximum absolute atomic E-state index is 12.9. The lowest BCUT2D eigenvalue weighted by atomic mass is 10.1. The molecule has 2 nitrogen and oxygen atoms in total. The summed E-state index contributed by atoms with van der Waals surface area (Å²) in [6.07, 6.45) is 1.66. The van der Waals surface area contributed by atoms with Crippen LogP contribution in [0.4, 0.5) is 4.39 Å². The second kappa shape index (κ2) is 6.97. The number of nitrogens with one attached hydrogen (secondary N) is 1. The Morgan fingerprint density at radius 2 is 2.31 bits per heavy atom. The first-order valence-electron chi connectivity index (χ1n) is 5.61. The van der Waals surface area contributed by atoms with Crippen LogP contribution in [-0.4, -0.2) is 13.1 Å². The normalized spacial score (nSPS) is 12.1. The van der Waals surface area contributed by atoms with Gasteiger partial charge in [0.2, 0.25) is 0 Å². The molecular weight excluding hydrogens is 203 g/mol. The fourth-order valence-electron chi connectivity index (χ4n) is 1.48. The number of nitriles is 1. The number of benzene rings is 1. The fraction of sp³-hybridized carbons (Fsp3) is 0.462. The molecule has 0 aliphatic rings. The molecule has 1 unspecified atom stereocenters. The molecule has 0 amide bonds. The van der Waals surface area contributed by atoms with Crippen LogP contribution in [0.15, 0.2) is 24.3 Å². The monoisotopic (exact) mass is 220 g/mol. The first-order chi connectivity index (χ1) is 7.76. The number of hydrogen-bond acceptors (Lipinski definition) is 2. The largest absolute Gasteiger partial charge is 0.315 e. The van der Waals surface area contributed by atoms with Gasteiger partial charge in [0, 0.05) is 6.54 Å². The number of halogens is 1. The molecule has 1 rings (SSSR count). The molecular formula is C13H17FN2. The molecule has 1 N–H and O–H groups in total. The summed E-state index contributed by atoms with van der Waals surface area (Å²) in [4.78, 5) is 0. The average molecular weight is 220 g/mol. The van der Waals surface area contributed by atoms with E-state index in [0.717, 1.165) is 24.9 Å². The van der Waals surface area contributed by atoms with Crippen molar-refractivity contribution in [1.82, 2.24) is 5.32 Å². The molecule has 16 heavy (non-hydrogen) atoms. The standard InChI is InChI=1S/C13H17FN2/c1-2-11(9-15)10-16-7-6-12-4-3-5-13(14)8-12/h3-5,8,11,16H,2,6-7,10H2,1H3. The average Bonchev–Trinajstić information content (AvgIpc) is 2.29. The van der Waals surface area contributed by atoms with E-state index in [9.17, 15) is 4.39 Å². The number of nitrogens with zero attached hydrogens (tertiary/aromatic N) is 1. The lowest BCUT2D eigenvalue weighted by Crippen LogP contribution is -2.23. The van der Waals surface area contributed by atoms with Gasteiger partial charge in [-0.15, -0.1) is 0 Å². The minimum absolute atomic E-state index is 0.0764. The van der Waals surface area contributed by atoms with E-state index in [-0.39, 0.29) is 11.7 Å². The van der Waals surface area contributed by atoms with Crippen molar-refractivity contribution in [2.75, 3.05) is 13.1 Å². The number of rotatable bonds is 6. The van der Waals surface area contributed by atoms with Crippen molar-refractivity contribution >= 4 is 0 Å². The SMILES string of the molecule is CCC(C#N)CNCCc1cccc(F)c1. The smallest absolute Gasteiger partial charge is 0.123 e. The number of hydrogen-bond donors (Lipinski definition) is 1. The lowest BCUT2D eigenvalue weighted by molar-refractivity contribution is 0.554. The van der Waals surface area contributed by atoms with Crippen molar-refractivity contribution in [3.8, 4) is 6.07 Å². The predicted octanol–water partition coefficient (Wildman–Crippen LogP) is 2.51. The molecule has 1 aromatic carbocycles. The van der Waals surface area contributed by atoms with Crippen LogP contribution in [0.1, 0.15) is 18.9 Å². The Labute approximate surface area is 96.1 Å². The van der Waals surface area contributed by atoms with Gasteiger partial charge in [-0.2, -0.15) is 5.26 Å².